The zero-order valence-electron chi connectivity index (χ0n) is 17.2. The Bertz CT molecular complexity index is 855. The summed E-state index contributed by atoms with van der Waals surface area (Å²) in [5.41, 5.74) is 2.96. The normalized spacial score (nSPS) is 15.1. The van der Waals surface area contributed by atoms with Gasteiger partial charge in [0.2, 0.25) is 5.91 Å². The van der Waals surface area contributed by atoms with Crippen molar-refractivity contribution in [2.45, 2.75) is 19.4 Å². The lowest BCUT2D eigenvalue weighted by molar-refractivity contribution is -0.123. The SMILES string of the molecule is CN=C(NCc1ccc(C(=O)N2CCNC(=O)C2)cc1)NCC(C)c1ccsc1.I. The van der Waals surface area contributed by atoms with Crippen LogP contribution in [-0.4, -0.2) is 55.9 Å². The highest BCUT2D eigenvalue weighted by Gasteiger charge is 2.22. The summed E-state index contributed by atoms with van der Waals surface area (Å²) in [7, 11) is 1.75. The van der Waals surface area contributed by atoms with Crippen LogP contribution in [0.5, 0.6) is 0 Å². The first-order valence-electron chi connectivity index (χ1n) is 9.68. The predicted octanol–water partition coefficient (Wildman–Crippen LogP) is 2.41. The van der Waals surface area contributed by atoms with Crippen molar-refractivity contribution in [3.8, 4) is 0 Å². The highest BCUT2D eigenvalue weighted by atomic mass is 127. The standard InChI is InChI=1S/C21H27N5O2S.HI/c1-15(18-7-10-29-14-18)11-24-21(22-2)25-12-16-3-5-17(6-4-16)20(28)26-9-8-23-19(27)13-26;/h3-7,10,14-15H,8-9,11-13H2,1-2H3,(H,23,27)(H2,22,24,25);1H. The molecule has 0 saturated carbocycles. The highest BCUT2D eigenvalue weighted by Crippen LogP contribution is 2.17. The molecule has 1 aliphatic heterocycles. The number of rotatable bonds is 6. The summed E-state index contributed by atoms with van der Waals surface area (Å²) in [6, 6.07) is 9.60. The van der Waals surface area contributed by atoms with E-state index in [9.17, 15) is 9.59 Å². The van der Waals surface area contributed by atoms with Crippen molar-refractivity contribution in [2.75, 3.05) is 33.2 Å². The number of hydrogen-bond donors (Lipinski definition) is 3. The van der Waals surface area contributed by atoms with Gasteiger partial charge in [-0.05, 0) is 46.0 Å². The molecule has 2 aromatic rings. The van der Waals surface area contributed by atoms with Crippen LogP contribution in [0.1, 0.15) is 34.3 Å². The van der Waals surface area contributed by atoms with Crippen molar-refractivity contribution in [3.05, 3.63) is 57.8 Å². The number of nitrogens with one attached hydrogen (secondary N) is 3. The van der Waals surface area contributed by atoms with Gasteiger partial charge in [0.1, 0.15) is 0 Å². The van der Waals surface area contributed by atoms with Crippen LogP contribution in [0.2, 0.25) is 0 Å². The van der Waals surface area contributed by atoms with Gasteiger partial charge in [-0.15, -0.1) is 24.0 Å². The number of nitrogens with zero attached hydrogens (tertiary/aromatic N) is 2. The number of hydrogen-bond acceptors (Lipinski definition) is 4. The van der Waals surface area contributed by atoms with E-state index in [1.165, 1.54) is 5.56 Å². The minimum atomic E-state index is -0.113. The average Bonchev–Trinajstić information content (AvgIpc) is 3.28. The molecule has 1 unspecified atom stereocenters. The lowest BCUT2D eigenvalue weighted by Gasteiger charge is -2.26. The summed E-state index contributed by atoms with van der Waals surface area (Å²) in [4.78, 5) is 29.8. The molecule has 1 saturated heterocycles. The number of thiophene rings is 1. The largest absolute Gasteiger partial charge is 0.356 e. The van der Waals surface area contributed by atoms with E-state index in [-0.39, 0.29) is 42.3 Å². The van der Waals surface area contributed by atoms with Gasteiger partial charge in [0, 0.05) is 38.8 Å². The summed E-state index contributed by atoms with van der Waals surface area (Å²) in [5.74, 6) is 0.922. The van der Waals surface area contributed by atoms with Crippen LogP contribution in [0.25, 0.3) is 0 Å². The van der Waals surface area contributed by atoms with Gasteiger partial charge in [-0.1, -0.05) is 19.1 Å². The molecule has 1 aliphatic rings. The summed E-state index contributed by atoms with van der Waals surface area (Å²) in [6.45, 7) is 4.75. The molecule has 9 heteroatoms. The maximum absolute atomic E-state index is 12.5. The number of carbonyl (C=O) groups excluding carboxylic acids is 2. The number of halogens is 1. The number of carbonyl (C=O) groups is 2. The fraction of sp³-hybridized carbons (Fsp3) is 0.381. The number of aliphatic imine (C=N–C) groups is 1. The molecule has 2 amide bonds. The second-order valence-corrected chi connectivity index (χ2v) is 7.82. The molecule has 1 aromatic heterocycles. The van der Waals surface area contributed by atoms with E-state index in [1.807, 2.05) is 12.1 Å². The first kappa shape index (κ1) is 24.1. The van der Waals surface area contributed by atoms with Crippen LogP contribution < -0.4 is 16.0 Å². The van der Waals surface area contributed by atoms with Gasteiger partial charge in [0.25, 0.3) is 5.91 Å². The van der Waals surface area contributed by atoms with E-state index in [0.717, 1.165) is 18.1 Å². The van der Waals surface area contributed by atoms with E-state index < -0.39 is 0 Å². The molecule has 1 atom stereocenters. The number of amides is 2. The Kier molecular flexibility index (Phi) is 9.57. The van der Waals surface area contributed by atoms with Gasteiger partial charge in [-0.25, -0.2) is 0 Å². The molecule has 0 spiro atoms. The molecule has 0 aliphatic carbocycles. The third kappa shape index (κ3) is 6.69. The third-order valence-corrected chi connectivity index (χ3v) is 5.60. The first-order valence-corrected chi connectivity index (χ1v) is 10.6. The fourth-order valence-electron chi connectivity index (χ4n) is 3.09. The van der Waals surface area contributed by atoms with Gasteiger partial charge >= 0.3 is 0 Å². The summed E-state index contributed by atoms with van der Waals surface area (Å²) in [5, 5.41) is 13.6. The van der Waals surface area contributed by atoms with Gasteiger partial charge in [-0.3, -0.25) is 14.6 Å². The second kappa shape index (κ2) is 11.9. The first-order chi connectivity index (χ1) is 14.1. The average molecular weight is 541 g/mol. The molecule has 3 N–H and O–H groups in total. The van der Waals surface area contributed by atoms with Crippen molar-refractivity contribution < 1.29 is 9.59 Å². The Labute approximate surface area is 198 Å². The molecular formula is C21H28IN5O2S. The topological polar surface area (TPSA) is 85.8 Å². The fourth-order valence-corrected chi connectivity index (χ4v) is 3.87. The van der Waals surface area contributed by atoms with Crippen LogP contribution >= 0.6 is 35.3 Å². The van der Waals surface area contributed by atoms with E-state index in [2.05, 4.69) is 44.7 Å². The lowest BCUT2D eigenvalue weighted by Crippen LogP contribution is -2.49. The van der Waals surface area contributed by atoms with Crippen LogP contribution in [0.15, 0.2) is 46.1 Å². The predicted molar refractivity (Wildman–Crippen MR) is 132 cm³/mol. The number of guanidine groups is 1. The molecule has 162 valence electrons. The van der Waals surface area contributed by atoms with Gasteiger partial charge in [-0.2, -0.15) is 11.3 Å². The minimum absolute atomic E-state index is 0. The Morgan fingerprint density at radius 1 is 1.27 bits per heavy atom. The van der Waals surface area contributed by atoms with E-state index >= 15 is 0 Å². The second-order valence-electron chi connectivity index (χ2n) is 7.04. The van der Waals surface area contributed by atoms with Crippen LogP contribution in [0, 0.1) is 0 Å². The molecule has 0 bridgehead atoms. The Balaban J connectivity index is 0.00000320. The van der Waals surface area contributed by atoms with Gasteiger partial charge < -0.3 is 20.9 Å². The quantitative estimate of drug-likeness (QED) is 0.298. The minimum Gasteiger partial charge on any atom is -0.356 e. The molecule has 7 nitrogen and oxygen atoms in total. The molecular weight excluding hydrogens is 513 g/mol. The molecule has 1 fully saturated rings. The van der Waals surface area contributed by atoms with Crippen molar-refractivity contribution in [1.82, 2.24) is 20.9 Å². The summed E-state index contributed by atoms with van der Waals surface area (Å²) >= 11 is 1.71. The number of piperazine rings is 1. The molecule has 30 heavy (non-hydrogen) atoms. The van der Waals surface area contributed by atoms with Crippen molar-refractivity contribution in [1.29, 1.82) is 0 Å². The number of benzene rings is 1. The van der Waals surface area contributed by atoms with Gasteiger partial charge in [0.15, 0.2) is 5.96 Å². The molecule has 1 aromatic carbocycles. The Morgan fingerprint density at radius 3 is 2.67 bits per heavy atom. The molecule has 3 rings (SSSR count). The van der Waals surface area contributed by atoms with Crippen molar-refractivity contribution in [2.24, 2.45) is 4.99 Å². The smallest absolute Gasteiger partial charge is 0.254 e. The molecule has 2 heterocycles. The summed E-state index contributed by atoms with van der Waals surface area (Å²) < 4.78 is 0. The van der Waals surface area contributed by atoms with E-state index in [4.69, 9.17) is 0 Å². The molecule has 0 radical (unpaired) electrons. The zero-order chi connectivity index (χ0) is 20.6. The van der Waals surface area contributed by atoms with E-state index in [0.29, 0.717) is 31.1 Å². The maximum Gasteiger partial charge on any atom is 0.254 e. The van der Waals surface area contributed by atoms with Crippen LogP contribution in [0.4, 0.5) is 0 Å². The lowest BCUT2D eigenvalue weighted by atomic mass is 10.1. The highest BCUT2D eigenvalue weighted by molar-refractivity contribution is 14.0. The Morgan fingerprint density at radius 2 is 2.03 bits per heavy atom. The summed E-state index contributed by atoms with van der Waals surface area (Å²) in [6.07, 6.45) is 0. The van der Waals surface area contributed by atoms with Crippen LogP contribution in [-0.2, 0) is 11.3 Å². The Hall–Kier alpha value is -2.14. The van der Waals surface area contributed by atoms with Gasteiger partial charge in [0.05, 0.1) is 6.54 Å². The van der Waals surface area contributed by atoms with Crippen LogP contribution in [0.3, 0.4) is 0 Å². The van der Waals surface area contributed by atoms with Crippen molar-refractivity contribution in [3.63, 3.8) is 0 Å². The van der Waals surface area contributed by atoms with E-state index in [1.54, 1.807) is 35.4 Å². The monoisotopic (exact) mass is 541 g/mol. The zero-order valence-corrected chi connectivity index (χ0v) is 20.3. The maximum atomic E-state index is 12.5. The third-order valence-electron chi connectivity index (χ3n) is 4.90. The van der Waals surface area contributed by atoms with Crippen molar-refractivity contribution >= 4 is 53.1 Å².